The molecule has 6 nitrogen and oxygen atoms in total. The molecule has 0 bridgehead atoms. The van der Waals surface area contributed by atoms with E-state index >= 15 is 0 Å². The minimum absolute atomic E-state index is 0.187. The predicted octanol–water partition coefficient (Wildman–Crippen LogP) is 3.67. The quantitative estimate of drug-likeness (QED) is 0.488. The van der Waals surface area contributed by atoms with Crippen molar-refractivity contribution in [3.8, 4) is 5.75 Å². The van der Waals surface area contributed by atoms with Crippen LogP contribution >= 0.6 is 27.7 Å². The number of imide groups is 1. The molecule has 0 unspecified atom stereocenters. The maximum Gasteiger partial charge on any atom is 0.294 e. The highest BCUT2D eigenvalue weighted by molar-refractivity contribution is 9.10. The second-order valence-electron chi connectivity index (χ2n) is 6.14. The molecule has 1 aromatic carbocycles. The van der Waals surface area contributed by atoms with Crippen LogP contribution in [0.25, 0.3) is 6.08 Å². The molecule has 0 N–H and O–H groups in total. The van der Waals surface area contributed by atoms with Gasteiger partial charge in [-0.3, -0.25) is 19.3 Å². The first kappa shape index (κ1) is 19.7. The lowest BCUT2D eigenvalue weighted by atomic mass is 10.2. The number of carbonyl (C=O) groups is 3. The minimum Gasteiger partial charge on any atom is -0.489 e. The van der Waals surface area contributed by atoms with E-state index in [-0.39, 0.29) is 17.4 Å². The van der Waals surface area contributed by atoms with E-state index in [1.165, 1.54) is 0 Å². The van der Waals surface area contributed by atoms with Crippen LogP contribution in [0, 0.1) is 0 Å². The Hall–Kier alpha value is -2.06. The Morgan fingerprint density at radius 3 is 2.74 bits per heavy atom. The number of benzene rings is 1. The van der Waals surface area contributed by atoms with E-state index < -0.39 is 11.1 Å². The first-order valence-electron chi connectivity index (χ1n) is 8.56. The zero-order valence-electron chi connectivity index (χ0n) is 14.7. The molecule has 1 aromatic rings. The van der Waals surface area contributed by atoms with Crippen LogP contribution in [0.1, 0.15) is 18.4 Å². The molecule has 2 aliphatic heterocycles. The molecule has 0 aliphatic carbocycles. The number of carbonyl (C=O) groups excluding carboxylic acids is 3. The predicted molar refractivity (Wildman–Crippen MR) is 108 cm³/mol. The molecular weight excluding hydrogens is 432 g/mol. The monoisotopic (exact) mass is 450 g/mol. The van der Waals surface area contributed by atoms with Crippen LogP contribution in [-0.2, 0) is 9.59 Å². The van der Waals surface area contributed by atoms with E-state index in [2.05, 4.69) is 22.5 Å². The third-order valence-corrected chi connectivity index (χ3v) is 5.64. The third-order valence-electron chi connectivity index (χ3n) is 4.24. The minimum atomic E-state index is -0.452. The Kier molecular flexibility index (Phi) is 6.38. The lowest BCUT2D eigenvalue weighted by Gasteiger charge is -2.18. The molecule has 3 amide bonds. The van der Waals surface area contributed by atoms with E-state index in [9.17, 15) is 14.4 Å². The van der Waals surface area contributed by atoms with Crippen molar-refractivity contribution in [2.75, 3.05) is 26.2 Å². The molecule has 142 valence electrons. The number of hydrogen-bond acceptors (Lipinski definition) is 5. The number of hydrogen-bond donors (Lipinski definition) is 0. The van der Waals surface area contributed by atoms with Crippen LogP contribution in [-0.4, -0.2) is 53.1 Å². The number of thioether (sulfide) groups is 1. The van der Waals surface area contributed by atoms with Crippen molar-refractivity contribution in [3.63, 3.8) is 0 Å². The van der Waals surface area contributed by atoms with Gasteiger partial charge in [0.05, 0.1) is 4.91 Å². The first-order chi connectivity index (χ1) is 13.0. The molecule has 2 aliphatic rings. The summed E-state index contributed by atoms with van der Waals surface area (Å²) in [4.78, 5) is 40.2. The Bertz CT molecular complexity index is 818. The topological polar surface area (TPSA) is 66.9 Å². The molecule has 3 rings (SSSR count). The summed E-state index contributed by atoms with van der Waals surface area (Å²) < 4.78 is 6.43. The van der Waals surface area contributed by atoms with Gasteiger partial charge in [0.25, 0.3) is 11.1 Å². The van der Waals surface area contributed by atoms with E-state index in [0.717, 1.165) is 34.0 Å². The third kappa shape index (κ3) is 4.62. The normalized spacial score (nSPS) is 18.5. The summed E-state index contributed by atoms with van der Waals surface area (Å²) in [5.41, 5.74) is 0.669. The van der Waals surface area contributed by atoms with Crippen molar-refractivity contribution < 1.29 is 19.1 Å². The fourth-order valence-corrected chi connectivity index (χ4v) is 4.10. The molecule has 0 atom stereocenters. The van der Waals surface area contributed by atoms with Crippen LogP contribution in [0.3, 0.4) is 0 Å². The van der Waals surface area contributed by atoms with Gasteiger partial charge in [-0.05, 0) is 48.9 Å². The smallest absolute Gasteiger partial charge is 0.294 e. The van der Waals surface area contributed by atoms with Crippen LogP contribution in [0.4, 0.5) is 4.79 Å². The zero-order chi connectivity index (χ0) is 19.4. The Labute approximate surface area is 170 Å². The summed E-state index contributed by atoms with van der Waals surface area (Å²) in [7, 11) is 0. The van der Waals surface area contributed by atoms with E-state index in [1.54, 1.807) is 23.1 Å². The van der Waals surface area contributed by atoms with Gasteiger partial charge < -0.3 is 9.64 Å². The highest BCUT2D eigenvalue weighted by Crippen LogP contribution is 2.35. The van der Waals surface area contributed by atoms with Crippen LogP contribution in [0.2, 0.25) is 0 Å². The lowest BCUT2D eigenvalue weighted by Crippen LogP contribution is -2.40. The van der Waals surface area contributed by atoms with E-state index in [0.29, 0.717) is 31.0 Å². The van der Waals surface area contributed by atoms with E-state index in [1.807, 2.05) is 12.1 Å². The van der Waals surface area contributed by atoms with Gasteiger partial charge >= 0.3 is 0 Å². The SMILES string of the molecule is C=CCOc1ccc(Br)cc1C=C1SC(=O)N(CC(=O)N2CCCC2)C1=O. The number of nitrogens with zero attached hydrogens (tertiary/aromatic N) is 2. The molecule has 0 saturated carbocycles. The van der Waals surface area contributed by atoms with Crippen LogP contribution in [0.15, 0.2) is 40.2 Å². The summed E-state index contributed by atoms with van der Waals surface area (Å²) >= 11 is 4.24. The van der Waals surface area contributed by atoms with Gasteiger partial charge in [-0.1, -0.05) is 28.6 Å². The summed E-state index contributed by atoms with van der Waals surface area (Å²) in [6.07, 6.45) is 5.17. The molecule has 2 saturated heterocycles. The average Bonchev–Trinajstić information content (AvgIpc) is 3.26. The average molecular weight is 451 g/mol. The first-order valence-corrected chi connectivity index (χ1v) is 10.2. The largest absolute Gasteiger partial charge is 0.489 e. The van der Waals surface area contributed by atoms with Crippen molar-refractivity contribution in [1.82, 2.24) is 9.80 Å². The van der Waals surface area contributed by atoms with Gasteiger partial charge in [-0.25, -0.2) is 0 Å². The highest BCUT2D eigenvalue weighted by atomic mass is 79.9. The lowest BCUT2D eigenvalue weighted by molar-refractivity contribution is -0.135. The van der Waals surface area contributed by atoms with Crippen molar-refractivity contribution in [2.45, 2.75) is 12.8 Å². The Morgan fingerprint density at radius 2 is 2.04 bits per heavy atom. The van der Waals surface area contributed by atoms with Crippen molar-refractivity contribution in [2.24, 2.45) is 0 Å². The number of amides is 3. The number of ether oxygens (including phenoxy) is 1. The summed E-state index contributed by atoms with van der Waals surface area (Å²) in [6.45, 7) is 5.12. The van der Waals surface area contributed by atoms with Gasteiger partial charge in [-0.15, -0.1) is 0 Å². The second kappa shape index (κ2) is 8.75. The number of rotatable bonds is 6. The van der Waals surface area contributed by atoms with Crippen LogP contribution in [0.5, 0.6) is 5.75 Å². The molecule has 0 spiro atoms. The van der Waals surface area contributed by atoms with Gasteiger partial charge in [-0.2, -0.15) is 0 Å². The summed E-state index contributed by atoms with van der Waals surface area (Å²) in [5.74, 6) is -0.0567. The summed E-state index contributed by atoms with van der Waals surface area (Å²) in [5, 5.41) is -0.428. The van der Waals surface area contributed by atoms with Crippen molar-refractivity contribution in [3.05, 3.63) is 45.8 Å². The second-order valence-corrected chi connectivity index (χ2v) is 8.05. The fourth-order valence-electron chi connectivity index (χ4n) is 2.89. The van der Waals surface area contributed by atoms with Gasteiger partial charge in [0.2, 0.25) is 5.91 Å². The molecule has 2 heterocycles. The van der Waals surface area contributed by atoms with Crippen LogP contribution < -0.4 is 4.74 Å². The van der Waals surface area contributed by atoms with Gasteiger partial charge in [0.1, 0.15) is 18.9 Å². The molecule has 8 heteroatoms. The Morgan fingerprint density at radius 1 is 1.30 bits per heavy atom. The number of likely N-dealkylation sites (tertiary alicyclic amines) is 1. The number of halogens is 1. The molecule has 27 heavy (non-hydrogen) atoms. The van der Waals surface area contributed by atoms with Crippen molar-refractivity contribution in [1.29, 1.82) is 0 Å². The standard InChI is InChI=1S/C19H19BrN2O4S/c1-2-9-26-15-6-5-14(20)10-13(15)11-16-18(24)22(19(25)27-16)12-17(23)21-7-3-4-8-21/h2,5-6,10-11H,1,3-4,7-9,12H2. The summed E-state index contributed by atoms with van der Waals surface area (Å²) in [6, 6.07) is 5.42. The van der Waals surface area contributed by atoms with Crippen molar-refractivity contribution >= 4 is 50.8 Å². The van der Waals surface area contributed by atoms with Gasteiger partial charge in [0, 0.05) is 23.1 Å². The zero-order valence-corrected chi connectivity index (χ0v) is 17.1. The fraction of sp³-hybridized carbons (Fsp3) is 0.316. The molecule has 2 fully saturated rings. The van der Waals surface area contributed by atoms with E-state index in [4.69, 9.17) is 4.74 Å². The molecular formula is C19H19BrN2O4S. The highest BCUT2D eigenvalue weighted by Gasteiger charge is 2.37. The Balaban J connectivity index is 1.78. The van der Waals surface area contributed by atoms with Gasteiger partial charge in [0.15, 0.2) is 0 Å². The maximum absolute atomic E-state index is 12.7. The molecule has 0 radical (unpaired) electrons. The molecule has 0 aromatic heterocycles. The maximum atomic E-state index is 12.7.